The van der Waals surface area contributed by atoms with Gasteiger partial charge in [-0.15, -0.1) is 0 Å². The molecule has 2 amide bonds. The molecule has 0 spiro atoms. The highest BCUT2D eigenvalue weighted by atomic mass is 35.5. The zero-order chi connectivity index (χ0) is 17.4. The number of benzene rings is 1. The van der Waals surface area contributed by atoms with Gasteiger partial charge in [0.2, 0.25) is 0 Å². The van der Waals surface area contributed by atoms with Crippen molar-refractivity contribution in [3.8, 4) is 5.75 Å². The predicted molar refractivity (Wildman–Crippen MR) is 84.0 cm³/mol. The summed E-state index contributed by atoms with van der Waals surface area (Å²) in [4.78, 5) is 34.7. The molecule has 1 aromatic rings. The quantitative estimate of drug-likeness (QED) is 0.482. The Morgan fingerprint density at radius 1 is 1.22 bits per heavy atom. The van der Waals surface area contributed by atoms with E-state index in [1.807, 2.05) is 0 Å². The van der Waals surface area contributed by atoms with E-state index in [4.69, 9.17) is 21.1 Å². The van der Waals surface area contributed by atoms with E-state index in [0.717, 1.165) is 5.57 Å². The number of carbonyl (C=O) groups excluding carboxylic acids is 3. The lowest BCUT2D eigenvalue weighted by Crippen LogP contribution is -2.43. The summed E-state index contributed by atoms with van der Waals surface area (Å²) in [5, 5.41) is 0.345. The maximum absolute atomic E-state index is 12.0. The lowest BCUT2D eigenvalue weighted by Gasteiger charge is -2.10. The van der Waals surface area contributed by atoms with Gasteiger partial charge in [-0.2, -0.15) is 0 Å². The number of halogens is 1. The largest absolute Gasteiger partial charge is 0.496 e. The average Bonchev–Trinajstić information content (AvgIpc) is 2.49. The Hall–Kier alpha value is -2.54. The van der Waals surface area contributed by atoms with Crippen LogP contribution < -0.4 is 15.6 Å². The van der Waals surface area contributed by atoms with Crippen LogP contribution in [0.15, 0.2) is 29.8 Å². The first kappa shape index (κ1) is 18.5. The fourth-order valence-corrected chi connectivity index (χ4v) is 1.67. The first-order valence-corrected chi connectivity index (χ1v) is 6.95. The van der Waals surface area contributed by atoms with Crippen molar-refractivity contribution in [2.75, 3.05) is 13.7 Å². The van der Waals surface area contributed by atoms with Crippen LogP contribution in [0.4, 0.5) is 0 Å². The average molecular weight is 341 g/mol. The molecular weight excluding hydrogens is 324 g/mol. The van der Waals surface area contributed by atoms with Crippen LogP contribution in [0.2, 0.25) is 5.02 Å². The number of methoxy groups -OCH3 is 1. The van der Waals surface area contributed by atoms with E-state index in [2.05, 4.69) is 10.9 Å². The molecule has 0 aromatic heterocycles. The third-order valence-corrected chi connectivity index (χ3v) is 2.71. The molecule has 0 aliphatic carbocycles. The molecule has 0 unspecified atom stereocenters. The molecule has 0 radical (unpaired) electrons. The summed E-state index contributed by atoms with van der Waals surface area (Å²) in [6.45, 7) is 2.93. The number of hydrazine groups is 1. The van der Waals surface area contributed by atoms with Crippen molar-refractivity contribution in [2.24, 2.45) is 0 Å². The molecule has 0 bridgehead atoms. The van der Waals surface area contributed by atoms with Crippen LogP contribution in [-0.4, -0.2) is 31.5 Å². The molecule has 0 heterocycles. The predicted octanol–water partition coefficient (Wildman–Crippen LogP) is 1.62. The molecule has 23 heavy (non-hydrogen) atoms. The zero-order valence-corrected chi connectivity index (χ0v) is 13.7. The third kappa shape index (κ3) is 6.39. The molecule has 2 N–H and O–H groups in total. The number of rotatable bonds is 5. The molecule has 0 saturated carbocycles. The highest BCUT2D eigenvalue weighted by molar-refractivity contribution is 6.31. The Labute approximate surface area is 138 Å². The summed E-state index contributed by atoms with van der Waals surface area (Å²) in [6.07, 6.45) is 1.25. The summed E-state index contributed by atoms with van der Waals surface area (Å²) in [6, 6.07) is 4.50. The number of ether oxygens (including phenoxy) is 2. The molecule has 0 aliphatic rings. The number of nitrogens with one attached hydrogen (secondary N) is 2. The fraction of sp³-hybridized carbons (Fsp3) is 0.267. The Kier molecular flexibility index (Phi) is 7.08. The normalized spacial score (nSPS) is 9.57. The first-order chi connectivity index (χ1) is 10.8. The first-order valence-electron chi connectivity index (χ1n) is 6.58. The van der Waals surface area contributed by atoms with E-state index in [0.29, 0.717) is 10.8 Å². The third-order valence-electron chi connectivity index (χ3n) is 2.47. The molecule has 0 atom stereocenters. The van der Waals surface area contributed by atoms with Gasteiger partial charge in [-0.25, -0.2) is 4.79 Å². The highest BCUT2D eigenvalue weighted by Crippen LogP contribution is 2.22. The van der Waals surface area contributed by atoms with Crippen molar-refractivity contribution in [2.45, 2.75) is 13.8 Å². The molecule has 124 valence electrons. The SMILES string of the molecule is COc1ccc(Cl)cc1C(=O)NNC(=O)COC(=O)C=C(C)C. The molecule has 7 nitrogen and oxygen atoms in total. The van der Waals surface area contributed by atoms with Crippen molar-refractivity contribution in [3.05, 3.63) is 40.4 Å². The lowest BCUT2D eigenvalue weighted by molar-refractivity contribution is -0.144. The Balaban J connectivity index is 2.53. The van der Waals surface area contributed by atoms with Gasteiger partial charge in [0.05, 0.1) is 12.7 Å². The Bertz CT molecular complexity index is 639. The molecular formula is C15H17ClN2O5. The second-order valence-corrected chi connectivity index (χ2v) is 5.11. The number of amides is 2. The van der Waals surface area contributed by atoms with Crippen LogP contribution in [0.1, 0.15) is 24.2 Å². The van der Waals surface area contributed by atoms with Crippen molar-refractivity contribution in [1.82, 2.24) is 10.9 Å². The number of hydrogen-bond acceptors (Lipinski definition) is 5. The Morgan fingerprint density at radius 3 is 2.52 bits per heavy atom. The van der Waals surface area contributed by atoms with Gasteiger partial charge in [0.15, 0.2) is 6.61 Å². The molecule has 1 aromatic carbocycles. The van der Waals surface area contributed by atoms with Gasteiger partial charge in [0.25, 0.3) is 11.8 Å². The van der Waals surface area contributed by atoms with Crippen LogP contribution in [0, 0.1) is 0 Å². The summed E-state index contributed by atoms with van der Waals surface area (Å²) < 4.78 is 9.73. The summed E-state index contributed by atoms with van der Waals surface area (Å²) in [5.74, 6) is -1.64. The maximum atomic E-state index is 12.0. The molecule has 1 rings (SSSR count). The second kappa shape index (κ2) is 8.79. The summed E-state index contributed by atoms with van der Waals surface area (Å²) in [7, 11) is 1.40. The van der Waals surface area contributed by atoms with E-state index in [1.165, 1.54) is 25.3 Å². The summed E-state index contributed by atoms with van der Waals surface area (Å²) in [5.41, 5.74) is 5.21. The van der Waals surface area contributed by atoms with E-state index in [1.54, 1.807) is 19.9 Å². The maximum Gasteiger partial charge on any atom is 0.331 e. The minimum absolute atomic E-state index is 0.154. The molecule has 8 heteroatoms. The number of carbonyl (C=O) groups is 3. The van der Waals surface area contributed by atoms with Crippen LogP contribution in [-0.2, 0) is 14.3 Å². The van der Waals surface area contributed by atoms with Crippen molar-refractivity contribution in [3.63, 3.8) is 0 Å². The lowest BCUT2D eigenvalue weighted by atomic mass is 10.2. The molecule has 0 saturated heterocycles. The van der Waals surface area contributed by atoms with Crippen molar-refractivity contribution < 1.29 is 23.9 Å². The zero-order valence-electron chi connectivity index (χ0n) is 12.9. The van der Waals surface area contributed by atoms with E-state index < -0.39 is 24.4 Å². The van der Waals surface area contributed by atoms with Crippen LogP contribution in [0.25, 0.3) is 0 Å². The smallest absolute Gasteiger partial charge is 0.331 e. The topological polar surface area (TPSA) is 93.7 Å². The number of esters is 1. The number of hydrogen-bond donors (Lipinski definition) is 2. The van der Waals surface area contributed by atoms with Gasteiger partial charge in [-0.1, -0.05) is 17.2 Å². The summed E-state index contributed by atoms with van der Waals surface area (Å²) >= 11 is 5.82. The molecule has 0 fully saturated rings. The fourth-order valence-electron chi connectivity index (χ4n) is 1.50. The standard InChI is InChI=1S/C15H17ClN2O5/c1-9(2)6-14(20)23-8-13(19)17-18-15(21)11-7-10(16)4-5-12(11)22-3/h4-7H,8H2,1-3H3,(H,17,19)(H,18,21). The molecule has 0 aliphatic heterocycles. The minimum atomic E-state index is -0.685. The number of allylic oxidation sites excluding steroid dienone is 1. The van der Waals surface area contributed by atoms with Gasteiger partial charge in [-0.05, 0) is 32.0 Å². The van der Waals surface area contributed by atoms with Crippen molar-refractivity contribution >= 4 is 29.4 Å². The monoisotopic (exact) mass is 340 g/mol. The van der Waals surface area contributed by atoms with Gasteiger partial charge in [0.1, 0.15) is 5.75 Å². The van der Waals surface area contributed by atoms with Gasteiger partial charge >= 0.3 is 5.97 Å². The van der Waals surface area contributed by atoms with Crippen LogP contribution >= 0.6 is 11.6 Å². The van der Waals surface area contributed by atoms with E-state index in [9.17, 15) is 14.4 Å². The highest BCUT2D eigenvalue weighted by Gasteiger charge is 2.14. The second-order valence-electron chi connectivity index (χ2n) is 4.68. The Morgan fingerprint density at radius 2 is 1.91 bits per heavy atom. The van der Waals surface area contributed by atoms with Crippen molar-refractivity contribution in [1.29, 1.82) is 0 Å². The van der Waals surface area contributed by atoms with E-state index >= 15 is 0 Å². The minimum Gasteiger partial charge on any atom is -0.496 e. The van der Waals surface area contributed by atoms with Gasteiger partial charge in [-0.3, -0.25) is 20.4 Å². The van der Waals surface area contributed by atoms with Crippen LogP contribution in [0.5, 0.6) is 5.75 Å². The van der Waals surface area contributed by atoms with Gasteiger partial charge < -0.3 is 9.47 Å². The van der Waals surface area contributed by atoms with Crippen LogP contribution in [0.3, 0.4) is 0 Å². The van der Waals surface area contributed by atoms with E-state index in [-0.39, 0.29) is 5.56 Å². The van der Waals surface area contributed by atoms with Gasteiger partial charge in [0, 0.05) is 11.1 Å².